The van der Waals surface area contributed by atoms with Crippen molar-refractivity contribution < 1.29 is 8.94 Å². The third-order valence-corrected chi connectivity index (χ3v) is 1.55. The molecule has 2 aromatic heterocycles. The fraction of sp³-hybridized carbons (Fsp3) is 0.125. The maximum atomic E-state index is 5.40. The Kier molecular flexibility index (Phi) is 1.59. The monoisotopic (exact) mass is 164 g/mol. The zero-order chi connectivity index (χ0) is 8.39. The van der Waals surface area contributed by atoms with Crippen LogP contribution in [-0.4, -0.2) is 5.16 Å². The van der Waals surface area contributed by atoms with Crippen LogP contribution in [0.5, 0.6) is 0 Å². The number of furan rings is 1. The van der Waals surface area contributed by atoms with Gasteiger partial charge in [0, 0.05) is 18.6 Å². The molecule has 0 bridgehead atoms. The molecule has 4 heteroatoms. The van der Waals surface area contributed by atoms with Crippen molar-refractivity contribution in [3.63, 3.8) is 0 Å². The lowest BCUT2D eigenvalue weighted by molar-refractivity contribution is 0.413. The van der Waals surface area contributed by atoms with Gasteiger partial charge in [0.15, 0.2) is 5.88 Å². The van der Waals surface area contributed by atoms with Gasteiger partial charge < -0.3 is 14.7 Å². The van der Waals surface area contributed by atoms with Crippen LogP contribution in [0.15, 0.2) is 33.6 Å². The van der Waals surface area contributed by atoms with Crippen molar-refractivity contribution in [1.82, 2.24) is 5.16 Å². The Hall–Kier alpha value is -1.71. The fourth-order valence-corrected chi connectivity index (χ4v) is 1.03. The normalized spacial score (nSPS) is 10.3. The molecule has 12 heavy (non-hydrogen) atoms. The molecule has 0 unspecified atom stereocenters. The summed E-state index contributed by atoms with van der Waals surface area (Å²) in [6.45, 7) is 0. The molecule has 4 nitrogen and oxygen atoms in total. The second kappa shape index (κ2) is 2.73. The summed E-state index contributed by atoms with van der Waals surface area (Å²) in [5.74, 6) is 0.425. The molecule has 0 spiro atoms. The van der Waals surface area contributed by atoms with E-state index in [1.165, 1.54) is 0 Å². The summed E-state index contributed by atoms with van der Waals surface area (Å²) < 4.78 is 9.61. The first-order chi connectivity index (χ1) is 5.84. The fourth-order valence-electron chi connectivity index (χ4n) is 1.03. The molecule has 0 fully saturated rings. The zero-order valence-corrected chi connectivity index (χ0v) is 6.36. The number of hydrogen-bond donors (Lipinski definition) is 1. The predicted molar refractivity (Wildman–Crippen MR) is 42.4 cm³/mol. The van der Waals surface area contributed by atoms with Gasteiger partial charge in [0.05, 0.1) is 12.0 Å². The molecule has 2 rings (SSSR count). The average Bonchev–Trinajstić information content (AvgIpc) is 2.63. The molecular formula is C8H8N2O2. The van der Waals surface area contributed by atoms with E-state index >= 15 is 0 Å². The van der Waals surface area contributed by atoms with Gasteiger partial charge in [-0.25, -0.2) is 0 Å². The van der Waals surface area contributed by atoms with Crippen molar-refractivity contribution in [2.75, 3.05) is 5.73 Å². The number of hydrogen-bond acceptors (Lipinski definition) is 4. The van der Waals surface area contributed by atoms with Crippen LogP contribution in [0.2, 0.25) is 0 Å². The minimum atomic E-state index is 0.425. The first-order valence-electron chi connectivity index (χ1n) is 3.57. The maximum absolute atomic E-state index is 5.40. The highest BCUT2D eigenvalue weighted by Crippen LogP contribution is 2.12. The van der Waals surface area contributed by atoms with E-state index in [-0.39, 0.29) is 0 Å². The first-order valence-corrected chi connectivity index (χ1v) is 3.57. The van der Waals surface area contributed by atoms with Gasteiger partial charge in [-0.3, -0.25) is 0 Å². The van der Waals surface area contributed by atoms with Crippen LogP contribution in [0.4, 0.5) is 5.88 Å². The number of nitrogens with zero attached hydrogens (tertiary/aromatic N) is 1. The Labute approximate surface area is 69.0 Å². The second-order valence-electron chi connectivity index (χ2n) is 2.52. The van der Waals surface area contributed by atoms with Crippen molar-refractivity contribution in [1.29, 1.82) is 0 Å². The van der Waals surface area contributed by atoms with Crippen LogP contribution in [0, 0.1) is 0 Å². The van der Waals surface area contributed by atoms with E-state index in [1.807, 2.05) is 6.07 Å². The summed E-state index contributed by atoms with van der Waals surface area (Å²) in [6.07, 6.45) is 3.85. The smallest absolute Gasteiger partial charge is 0.190 e. The SMILES string of the molecule is Nc1cc(Cc2ccon2)co1. The molecular weight excluding hydrogens is 156 g/mol. The Morgan fingerprint density at radius 3 is 3.00 bits per heavy atom. The topological polar surface area (TPSA) is 65.2 Å². The van der Waals surface area contributed by atoms with Crippen molar-refractivity contribution in [3.8, 4) is 0 Å². The molecule has 0 aliphatic carbocycles. The third-order valence-electron chi connectivity index (χ3n) is 1.55. The molecule has 2 heterocycles. The predicted octanol–water partition coefficient (Wildman–Crippen LogP) is 1.44. The van der Waals surface area contributed by atoms with E-state index in [2.05, 4.69) is 9.68 Å². The van der Waals surface area contributed by atoms with Crippen LogP contribution in [0.1, 0.15) is 11.3 Å². The molecule has 0 aliphatic rings. The van der Waals surface area contributed by atoms with E-state index < -0.39 is 0 Å². The lowest BCUT2D eigenvalue weighted by Gasteiger charge is -1.86. The van der Waals surface area contributed by atoms with Gasteiger partial charge in [-0.05, 0) is 5.56 Å². The maximum Gasteiger partial charge on any atom is 0.190 e. The quantitative estimate of drug-likeness (QED) is 0.729. The highest BCUT2D eigenvalue weighted by atomic mass is 16.5. The number of aromatic nitrogens is 1. The molecule has 0 saturated heterocycles. The molecule has 0 aliphatic heterocycles. The minimum absolute atomic E-state index is 0.425. The lowest BCUT2D eigenvalue weighted by atomic mass is 10.2. The molecule has 2 aromatic rings. The van der Waals surface area contributed by atoms with E-state index in [0.717, 1.165) is 11.3 Å². The van der Waals surface area contributed by atoms with Gasteiger partial charge in [0.1, 0.15) is 6.26 Å². The summed E-state index contributed by atoms with van der Waals surface area (Å²) >= 11 is 0. The first kappa shape index (κ1) is 6.97. The standard InChI is InChI=1S/C8H8N2O2/c9-8-4-6(5-11-8)3-7-1-2-12-10-7/h1-2,4-5H,3,9H2. The number of nitrogens with two attached hydrogens (primary N) is 1. The number of anilines is 1. The molecule has 0 amide bonds. The number of nitrogen functional groups attached to an aromatic ring is 1. The van der Waals surface area contributed by atoms with E-state index in [1.54, 1.807) is 18.6 Å². The van der Waals surface area contributed by atoms with Crippen molar-refractivity contribution >= 4 is 5.88 Å². The summed E-state index contributed by atoms with van der Waals surface area (Å²) in [7, 11) is 0. The van der Waals surface area contributed by atoms with Crippen LogP contribution in [-0.2, 0) is 6.42 Å². The number of rotatable bonds is 2. The highest BCUT2D eigenvalue weighted by molar-refractivity contribution is 5.30. The van der Waals surface area contributed by atoms with Gasteiger partial charge >= 0.3 is 0 Å². The molecule has 0 saturated carbocycles. The van der Waals surface area contributed by atoms with Crippen LogP contribution in [0.3, 0.4) is 0 Å². The summed E-state index contributed by atoms with van der Waals surface area (Å²) in [4.78, 5) is 0. The Balaban J connectivity index is 2.14. The van der Waals surface area contributed by atoms with Crippen LogP contribution < -0.4 is 5.73 Å². The lowest BCUT2D eigenvalue weighted by Crippen LogP contribution is -1.84. The van der Waals surface area contributed by atoms with Gasteiger partial charge in [0.2, 0.25) is 0 Å². The summed E-state index contributed by atoms with van der Waals surface area (Å²) in [5.41, 5.74) is 7.27. The van der Waals surface area contributed by atoms with E-state index in [9.17, 15) is 0 Å². The molecule has 0 atom stereocenters. The molecule has 2 N–H and O–H groups in total. The van der Waals surface area contributed by atoms with Gasteiger partial charge in [0.25, 0.3) is 0 Å². The zero-order valence-electron chi connectivity index (χ0n) is 6.36. The van der Waals surface area contributed by atoms with Crippen molar-refractivity contribution in [2.24, 2.45) is 0 Å². The second-order valence-corrected chi connectivity index (χ2v) is 2.52. The minimum Gasteiger partial charge on any atom is -0.449 e. The van der Waals surface area contributed by atoms with Gasteiger partial charge in [-0.15, -0.1) is 0 Å². The molecule has 62 valence electrons. The highest BCUT2D eigenvalue weighted by Gasteiger charge is 2.01. The summed E-state index contributed by atoms with van der Waals surface area (Å²) in [5, 5.41) is 3.76. The summed E-state index contributed by atoms with van der Waals surface area (Å²) in [6, 6.07) is 3.58. The largest absolute Gasteiger partial charge is 0.449 e. The molecule has 0 radical (unpaired) electrons. The van der Waals surface area contributed by atoms with E-state index in [4.69, 9.17) is 10.2 Å². The van der Waals surface area contributed by atoms with Gasteiger partial charge in [-0.2, -0.15) is 0 Å². The van der Waals surface area contributed by atoms with Crippen LogP contribution >= 0.6 is 0 Å². The van der Waals surface area contributed by atoms with Crippen molar-refractivity contribution in [2.45, 2.75) is 6.42 Å². The average molecular weight is 164 g/mol. The molecule has 0 aromatic carbocycles. The Bertz CT molecular complexity index is 351. The Morgan fingerprint density at radius 2 is 2.42 bits per heavy atom. The van der Waals surface area contributed by atoms with Crippen LogP contribution in [0.25, 0.3) is 0 Å². The van der Waals surface area contributed by atoms with E-state index in [0.29, 0.717) is 12.3 Å². The van der Waals surface area contributed by atoms with Gasteiger partial charge in [-0.1, -0.05) is 5.16 Å². The Morgan fingerprint density at radius 1 is 1.50 bits per heavy atom. The third kappa shape index (κ3) is 1.32. The van der Waals surface area contributed by atoms with Crippen molar-refractivity contribution in [3.05, 3.63) is 35.9 Å².